The van der Waals surface area contributed by atoms with Crippen LogP contribution in [-0.4, -0.2) is 29.0 Å². The Balaban J connectivity index is 2.11. The lowest BCUT2D eigenvalue weighted by Crippen LogP contribution is -2.34. The first kappa shape index (κ1) is 16.4. The summed E-state index contributed by atoms with van der Waals surface area (Å²) in [4.78, 5) is 24.0. The van der Waals surface area contributed by atoms with Crippen molar-refractivity contribution in [3.05, 3.63) is 28.2 Å². The first-order valence-electron chi connectivity index (χ1n) is 6.88. The third-order valence-electron chi connectivity index (χ3n) is 3.43. The van der Waals surface area contributed by atoms with Gasteiger partial charge in [-0.3, -0.25) is 4.79 Å². The Morgan fingerprint density at radius 1 is 1.48 bits per heavy atom. The first-order chi connectivity index (χ1) is 9.96. The van der Waals surface area contributed by atoms with Crippen LogP contribution in [-0.2, 0) is 9.53 Å². The largest absolute Gasteiger partial charge is 0.462 e. The van der Waals surface area contributed by atoms with Crippen LogP contribution in [0, 0.1) is 0 Å². The molecule has 6 heteroatoms. The molecule has 0 spiro atoms. The van der Waals surface area contributed by atoms with Gasteiger partial charge >= 0.3 is 5.97 Å². The first-order valence-corrected chi connectivity index (χ1v) is 8.66. The number of nitrogens with one attached hydrogen (secondary N) is 1. The van der Waals surface area contributed by atoms with E-state index < -0.39 is 0 Å². The van der Waals surface area contributed by atoms with Crippen molar-refractivity contribution in [2.24, 2.45) is 0 Å². The number of carbonyl (C=O) groups is 2. The number of hydrogen-bond acceptors (Lipinski definition) is 4. The number of anilines is 1. The highest BCUT2D eigenvalue weighted by molar-refractivity contribution is 9.10. The van der Waals surface area contributed by atoms with Crippen molar-refractivity contribution in [3.8, 4) is 0 Å². The highest BCUT2D eigenvalue weighted by Crippen LogP contribution is 2.39. The highest BCUT2D eigenvalue weighted by atomic mass is 79.9. The Morgan fingerprint density at radius 3 is 2.81 bits per heavy atom. The van der Waals surface area contributed by atoms with Crippen molar-refractivity contribution < 1.29 is 14.3 Å². The van der Waals surface area contributed by atoms with Crippen molar-refractivity contribution >= 4 is 45.3 Å². The maximum absolute atomic E-state index is 12.4. The van der Waals surface area contributed by atoms with Crippen LogP contribution in [0.4, 0.5) is 5.69 Å². The summed E-state index contributed by atoms with van der Waals surface area (Å²) in [5.41, 5.74) is 1.13. The molecule has 1 heterocycles. The molecular formula is C15H18BrNO3S. The van der Waals surface area contributed by atoms with E-state index in [1.54, 1.807) is 36.9 Å². The number of amides is 1. The quantitative estimate of drug-likeness (QED) is 0.816. The van der Waals surface area contributed by atoms with Crippen LogP contribution < -0.4 is 5.32 Å². The average molecular weight is 372 g/mol. The minimum absolute atomic E-state index is 0.00887. The molecule has 0 saturated carbocycles. The van der Waals surface area contributed by atoms with Crippen LogP contribution in [0.5, 0.6) is 0 Å². The molecule has 0 bridgehead atoms. The summed E-state index contributed by atoms with van der Waals surface area (Å²) in [6.07, 6.45) is 1.96. The standard InChI is InChI=1S/C15H18BrNO3S/c1-3-20-13(18)10-5-6-12(11(16)9-10)17-14(19)15(2)7-4-8-21-15/h5-6,9H,3-4,7-8H2,1-2H3,(H,17,19). The fraction of sp³-hybridized carbons (Fsp3) is 0.467. The third kappa shape index (κ3) is 3.80. The van der Waals surface area contributed by atoms with E-state index in [2.05, 4.69) is 21.2 Å². The van der Waals surface area contributed by atoms with E-state index >= 15 is 0 Å². The van der Waals surface area contributed by atoms with E-state index in [1.807, 2.05) is 6.92 Å². The highest BCUT2D eigenvalue weighted by Gasteiger charge is 2.37. The maximum atomic E-state index is 12.4. The van der Waals surface area contributed by atoms with Crippen molar-refractivity contribution in [2.75, 3.05) is 17.7 Å². The SMILES string of the molecule is CCOC(=O)c1ccc(NC(=O)C2(C)CCCS2)c(Br)c1. The van der Waals surface area contributed by atoms with Gasteiger partial charge < -0.3 is 10.1 Å². The molecule has 1 N–H and O–H groups in total. The van der Waals surface area contributed by atoms with Gasteiger partial charge in [-0.15, -0.1) is 11.8 Å². The molecule has 1 fully saturated rings. The molecule has 1 aliphatic heterocycles. The van der Waals surface area contributed by atoms with E-state index in [-0.39, 0.29) is 16.6 Å². The minimum Gasteiger partial charge on any atom is -0.462 e. The van der Waals surface area contributed by atoms with Gasteiger partial charge in [0.15, 0.2) is 0 Å². The molecule has 1 atom stereocenters. The van der Waals surface area contributed by atoms with Crippen molar-refractivity contribution in [1.29, 1.82) is 0 Å². The van der Waals surface area contributed by atoms with Crippen LogP contribution >= 0.6 is 27.7 Å². The predicted molar refractivity (Wildman–Crippen MR) is 88.8 cm³/mol. The zero-order valence-electron chi connectivity index (χ0n) is 12.1. The van der Waals surface area contributed by atoms with Gasteiger partial charge in [0.1, 0.15) is 0 Å². The molecule has 1 aromatic rings. The van der Waals surface area contributed by atoms with Gasteiger partial charge in [0.2, 0.25) is 5.91 Å². The Hall–Kier alpha value is -1.01. The zero-order valence-corrected chi connectivity index (χ0v) is 14.5. The molecule has 0 radical (unpaired) electrons. The molecule has 4 nitrogen and oxygen atoms in total. The zero-order chi connectivity index (χ0) is 15.5. The molecule has 0 aromatic heterocycles. The van der Waals surface area contributed by atoms with Gasteiger partial charge in [-0.25, -0.2) is 4.79 Å². The molecule has 114 valence electrons. The van der Waals surface area contributed by atoms with E-state index in [9.17, 15) is 9.59 Å². The monoisotopic (exact) mass is 371 g/mol. The smallest absolute Gasteiger partial charge is 0.338 e. The Kier molecular flexibility index (Phi) is 5.32. The van der Waals surface area contributed by atoms with E-state index in [0.29, 0.717) is 22.3 Å². The lowest BCUT2D eigenvalue weighted by atomic mass is 10.0. The molecular weight excluding hydrogens is 354 g/mol. The van der Waals surface area contributed by atoms with E-state index in [4.69, 9.17) is 4.74 Å². The van der Waals surface area contributed by atoms with Gasteiger partial charge in [0.25, 0.3) is 0 Å². The molecule has 2 rings (SSSR count). The number of thioether (sulfide) groups is 1. The van der Waals surface area contributed by atoms with Crippen LogP contribution in [0.2, 0.25) is 0 Å². The summed E-state index contributed by atoms with van der Waals surface area (Å²) >= 11 is 5.08. The van der Waals surface area contributed by atoms with Gasteiger partial charge in [-0.1, -0.05) is 0 Å². The molecule has 1 aromatic carbocycles. The molecule has 0 aliphatic carbocycles. The van der Waals surface area contributed by atoms with Crippen molar-refractivity contribution in [1.82, 2.24) is 0 Å². The van der Waals surface area contributed by atoms with Crippen LogP contribution in [0.1, 0.15) is 37.0 Å². The third-order valence-corrected chi connectivity index (χ3v) is 5.60. The number of rotatable bonds is 4. The van der Waals surface area contributed by atoms with Crippen LogP contribution in [0.25, 0.3) is 0 Å². The fourth-order valence-electron chi connectivity index (χ4n) is 2.17. The number of hydrogen-bond donors (Lipinski definition) is 1. The second-order valence-electron chi connectivity index (χ2n) is 5.05. The van der Waals surface area contributed by atoms with Crippen molar-refractivity contribution in [2.45, 2.75) is 31.4 Å². The van der Waals surface area contributed by atoms with Gasteiger partial charge in [-0.05, 0) is 66.6 Å². The van der Waals surface area contributed by atoms with Crippen LogP contribution in [0.15, 0.2) is 22.7 Å². The Labute approximate surface area is 137 Å². The molecule has 1 saturated heterocycles. The van der Waals surface area contributed by atoms with Crippen molar-refractivity contribution in [3.63, 3.8) is 0 Å². The molecule has 21 heavy (non-hydrogen) atoms. The Bertz CT molecular complexity index is 556. The summed E-state index contributed by atoms with van der Waals surface area (Å²) in [5.74, 6) is 0.663. The summed E-state index contributed by atoms with van der Waals surface area (Å²) < 4.78 is 5.26. The van der Waals surface area contributed by atoms with Gasteiger partial charge in [0, 0.05) is 4.47 Å². The Morgan fingerprint density at radius 2 is 2.24 bits per heavy atom. The average Bonchev–Trinajstić information content (AvgIpc) is 2.89. The minimum atomic E-state index is -0.366. The molecule has 1 unspecified atom stereocenters. The lowest BCUT2D eigenvalue weighted by Gasteiger charge is -2.22. The van der Waals surface area contributed by atoms with E-state index in [1.165, 1.54) is 0 Å². The summed E-state index contributed by atoms with van der Waals surface area (Å²) in [5, 5.41) is 2.93. The van der Waals surface area contributed by atoms with Gasteiger partial charge in [-0.2, -0.15) is 0 Å². The number of benzene rings is 1. The second kappa shape index (κ2) is 6.83. The number of ether oxygens (including phenoxy) is 1. The lowest BCUT2D eigenvalue weighted by molar-refractivity contribution is -0.118. The topological polar surface area (TPSA) is 55.4 Å². The van der Waals surface area contributed by atoms with E-state index in [0.717, 1.165) is 18.6 Å². The maximum Gasteiger partial charge on any atom is 0.338 e. The molecule has 1 aliphatic rings. The summed E-state index contributed by atoms with van der Waals surface area (Å²) in [6, 6.07) is 5.04. The number of halogens is 1. The fourth-order valence-corrected chi connectivity index (χ4v) is 3.86. The normalized spacial score (nSPS) is 21.1. The number of esters is 1. The predicted octanol–water partition coefficient (Wildman–Crippen LogP) is 3.85. The van der Waals surface area contributed by atoms with Crippen LogP contribution in [0.3, 0.4) is 0 Å². The second-order valence-corrected chi connectivity index (χ2v) is 7.50. The number of carbonyl (C=O) groups excluding carboxylic acids is 2. The van der Waals surface area contributed by atoms with Gasteiger partial charge in [0.05, 0.1) is 22.6 Å². The summed E-state index contributed by atoms with van der Waals surface area (Å²) in [6.45, 7) is 4.08. The summed E-state index contributed by atoms with van der Waals surface area (Å²) in [7, 11) is 0. The molecule has 1 amide bonds.